The maximum Gasteiger partial charge on any atom is 0.325 e. The van der Waals surface area contributed by atoms with Crippen LogP contribution >= 0.6 is 0 Å². The lowest BCUT2D eigenvalue weighted by Crippen LogP contribution is -2.34. The van der Waals surface area contributed by atoms with E-state index in [1.54, 1.807) is 43.3 Å². The molecule has 0 aliphatic rings. The first-order valence-electron chi connectivity index (χ1n) is 7.90. The maximum absolute atomic E-state index is 11.9. The Kier molecular flexibility index (Phi) is 6.78. The predicted octanol–water partition coefficient (Wildman–Crippen LogP) is 1.44. The molecule has 8 heteroatoms. The Bertz CT molecular complexity index is 740. The van der Waals surface area contributed by atoms with E-state index in [2.05, 4.69) is 10.6 Å². The molecule has 2 N–H and O–H groups in total. The molecular weight excluding hydrogens is 340 g/mol. The molecule has 1 aromatic heterocycles. The van der Waals surface area contributed by atoms with Crippen molar-refractivity contribution in [2.24, 2.45) is 0 Å². The molecule has 2 aromatic rings. The third-order valence-corrected chi connectivity index (χ3v) is 3.46. The molecule has 0 saturated heterocycles. The second-order valence-corrected chi connectivity index (χ2v) is 5.38. The van der Waals surface area contributed by atoms with Crippen LogP contribution in [0.4, 0.5) is 0 Å². The lowest BCUT2D eigenvalue weighted by molar-refractivity contribution is -0.147. The lowest BCUT2D eigenvalue weighted by atomic mass is 10.2. The van der Waals surface area contributed by atoms with Crippen LogP contribution in [0.5, 0.6) is 5.75 Å². The number of carbonyl (C=O) groups is 3. The van der Waals surface area contributed by atoms with E-state index in [1.165, 1.54) is 13.4 Å². The molecule has 0 unspecified atom stereocenters. The van der Waals surface area contributed by atoms with Gasteiger partial charge in [-0.1, -0.05) is 0 Å². The SMILES string of the molecule is COc1ccc(C(=O)NCC(=O)OCC(=O)N[C@@H](C)c2ccco2)cc1. The molecule has 0 bridgehead atoms. The van der Waals surface area contributed by atoms with Crippen molar-refractivity contribution in [2.75, 3.05) is 20.3 Å². The molecule has 1 heterocycles. The van der Waals surface area contributed by atoms with E-state index in [9.17, 15) is 14.4 Å². The number of carbonyl (C=O) groups excluding carboxylic acids is 3. The summed E-state index contributed by atoms with van der Waals surface area (Å²) in [6.45, 7) is 0.960. The van der Waals surface area contributed by atoms with Crippen LogP contribution in [0.25, 0.3) is 0 Å². The highest BCUT2D eigenvalue weighted by atomic mass is 16.5. The van der Waals surface area contributed by atoms with Crippen molar-refractivity contribution in [2.45, 2.75) is 13.0 Å². The molecule has 0 spiro atoms. The van der Waals surface area contributed by atoms with Crippen LogP contribution in [0.1, 0.15) is 29.1 Å². The minimum absolute atomic E-state index is 0.341. The van der Waals surface area contributed by atoms with Gasteiger partial charge in [-0.2, -0.15) is 0 Å². The summed E-state index contributed by atoms with van der Waals surface area (Å²) < 4.78 is 15.0. The van der Waals surface area contributed by atoms with Crippen molar-refractivity contribution in [3.05, 3.63) is 54.0 Å². The monoisotopic (exact) mass is 360 g/mol. The van der Waals surface area contributed by atoms with Crippen LogP contribution in [0.2, 0.25) is 0 Å². The molecule has 0 saturated carbocycles. The number of methoxy groups -OCH3 is 1. The van der Waals surface area contributed by atoms with E-state index in [1.807, 2.05) is 0 Å². The van der Waals surface area contributed by atoms with Crippen LogP contribution in [0.15, 0.2) is 47.1 Å². The highest BCUT2D eigenvalue weighted by Gasteiger charge is 2.14. The number of ether oxygens (including phenoxy) is 2. The van der Waals surface area contributed by atoms with Crippen molar-refractivity contribution < 1.29 is 28.3 Å². The van der Waals surface area contributed by atoms with E-state index in [4.69, 9.17) is 13.9 Å². The summed E-state index contributed by atoms with van der Waals surface area (Å²) in [6.07, 6.45) is 1.50. The molecule has 138 valence electrons. The smallest absolute Gasteiger partial charge is 0.325 e. The van der Waals surface area contributed by atoms with Crippen LogP contribution in [-0.2, 0) is 14.3 Å². The first kappa shape index (κ1) is 19.0. The molecule has 1 aromatic carbocycles. The predicted molar refractivity (Wildman–Crippen MR) is 91.6 cm³/mol. The summed E-state index contributed by atoms with van der Waals surface area (Å²) in [6, 6.07) is 9.52. The number of nitrogens with one attached hydrogen (secondary N) is 2. The summed E-state index contributed by atoms with van der Waals surface area (Å²) in [7, 11) is 1.52. The van der Waals surface area contributed by atoms with Gasteiger partial charge in [-0.15, -0.1) is 0 Å². The highest BCUT2D eigenvalue weighted by Crippen LogP contribution is 2.12. The average molecular weight is 360 g/mol. The average Bonchev–Trinajstić information content (AvgIpc) is 3.19. The maximum atomic E-state index is 11.9. The molecule has 0 radical (unpaired) electrons. The number of benzene rings is 1. The fourth-order valence-corrected chi connectivity index (χ4v) is 2.09. The number of hydrogen-bond acceptors (Lipinski definition) is 6. The topological polar surface area (TPSA) is 107 Å². The van der Waals surface area contributed by atoms with Gasteiger partial charge in [0.05, 0.1) is 19.4 Å². The van der Waals surface area contributed by atoms with E-state index >= 15 is 0 Å². The third-order valence-electron chi connectivity index (χ3n) is 3.46. The zero-order valence-corrected chi connectivity index (χ0v) is 14.5. The second kappa shape index (κ2) is 9.26. The third kappa shape index (κ3) is 5.66. The van der Waals surface area contributed by atoms with Gasteiger partial charge >= 0.3 is 5.97 Å². The fourth-order valence-electron chi connectivity index (χ4n) is 2.09. The van der Waals surface area contributed by atoms with Crippen LogP contribution in [0, 0.1) is 0 Å². The van der Waals surface area contributed by atoms with Crippen molar-refractivity contribution in [3.8, 4) is 5.75 Å². The number of hydrogen-bond donors (Lipinski definition) is 2. The molecular formula is C18H20N2O6. The van der Waals surface area contributed by atoms with Crippen molar-refractivity contribution in [1.82, 2.24) is 10.6 Å². The van der Waals surface area contributed by atoms with Crippen LogP contribution in [-0.4, -0.2) is 38.0 Å². The van der Waals surface area contributed by atoms with Crippen molar-refractivity contribution in [1.29, 1.82) is 0 Å². The van der Waals surface area contributed by atoms with Crippen molar-refractivity contribution >= 4 is 17.8 Å². The van der Waals surface area contributed by atoms with E-state index < -0.39 is 24.4 Å². The van der Waals surface area contributed by atoms with Crippen molar-refractivity contribution in [3.63, 3.8) is 0 Å². The second-order valence-electron chi connectivity index (χ2n) is 5.38. The first-order valence-corrected chi connectivity index (χ1v) is 7.90. The Morgan fingerprint density at radius 2 is 1.88 bits per heavy atom. The number of furan rings is 1. The first-order chi connectivity index (χ1) is 12.5. The quantitative estimate of drug-likeness (QED) is 0.690. The van der Waals surface area contributed by atoms with E-state index in [-0.39, 0.29) is 12.6 Å². The van der Waals surface area contributed by atoms with Gasteiger partial charge in [-0.05, 0) is 43.3 Å². The zero-order valence-electron chi connectivity index (χ0n) is 14.5. The van der Waals surface area contributed by atoms with Gasteiger partial charge in [0.2, 0.25) is 0 Å². The minimum atomic E-state index is -0.715. The Morgan fingerprint density at radius 1 is 1.15 bits per heavy atom. The van der Waals surface area contributed by atoms with Gasteiger partial charge in [0.15, 0.2) is 6.61 Å². The molecule has 0 fully saturated rings. The highest BCUT2D eigenvalue weighted by molar-refractivity contribution is 5.96. The van der Waals surface area contributed by atoms with Gasteiger partial charge in [-0.3, -0.25) is 14.4 Å². The number of rotatable bonds is 8. The Balaban J connectivity index is 1.69. The fraction of sp³-hybridized carbons (Fsp3) is 0.278. The summed E-state index contributed by atoms with van der Waals surface area (Å²) in [5, 5.41) is 5.05. The molecule has 8 nitrogen and oxygen atoms in total. The zero-order chi connectivity index (χ0) is 18.9. The Labute approximate surface area is 150 Å². The largest absolute Gasteiger partial charge is 0.497 e. The van der Waals surface area contributed by atoms with Gasteiger partial charge < -0.3 is 24.5 Å². The molecule has 2 rings (SSSR count). The normalized spacial score (nSPS) is 11.3. The summed E-state index contributed by atoms with van der Waals surface area (Å²) in [5.41, 5.74) is 0.378. The number of esters is 1. The van der Waals surface area contributed by atoms with E-state index in [0.29, 0.717) is 17.1 Å². The Morgan fingerprint density at radius 3 is 2.50 bits per heavy atom. The lowest BCUT2D eigenvalue weighted by Gasteiger charge is -2.11. The van der Waals surface area contributed by atoms with Crippen LogP contribution in [0.3, 0.4) is 0 Å². The van der Waals surface area contributed by atoms with E-state index in [0.717, 1.165) is 0 Å². The molecule has 0 aliphatic heterocycles. The summed E-state index contributed by atoms with van der Waals surface area (Å²) >= 11 is 0. The van der Waals surface area contributed by atoms with Gasteiger partial charge in [0.25, 0.3) is 11.8 Å². The van der Waals surface area contributed by atoms with Crippen LogP contribution < -0.4 is 15.4 Å². The minimum Gasteiger partial charge on any atom is -0.497 e. The van der Waals surface area contributed by atoms with Gasteiger partial charge in [0, 0.05) is 5.56 Å². The summed E-state index contributed by atoms with van der Waals surface area (Å²) in [4.78, 5) is 35.3. The molecule has 2 amide bonds. The standard InChI is InChI=1S/C18H20N2O6/c1-12(15-4-3-9-25-15)20-16(21)11-26-17(22)10-19-18(23)13-5-7-14(24-2)8-6-13/h3-9,12H,10-11H2,1-2H3,(H,19,23)(H,20,21)/t12-/m0/s1. The molecule has 1 atom stereocenters. The molecule has 26 heavy (non-hydrogen) atoms. The molecule has 0 aliphatic carbocycles. The number of amides is 2. The Hall–Kier alpha value is -3.29. The van der Waals surface area contributed by atoms with Gasteiger partial charge in [0.1, 0.15) is 18.1 Å². The van der Waals surface area contributed by atoms with Gasteiger partial charge in [-0.25, -0.2) is 0 Å². The summed E-state index contributed by atoms with van der Waals surface area (Å²) in [5.74, 6) is -0.399.